The number of aliphatic carboxylic acids is 1. The molecule has 8 nitrogen and oxygen atoms in total. The zero-order chi connectivity index (χ0) is 19.7. The van der Waals surface area contributed by atoms with E-state index in [9.17, 15) is 14.7 Å². The Balaban J connectivity index is 2.05. The van der Waals surface area contributed by atoms with Crippen molar-refractivity contribution >= 4 is 11.9 Å². The number of rotatable bonds is 5. The number of amides is 1. The first kappa shape index (κ1) is 18.8. The van der Waals surface area contributed by atoms with Gasteiger partial charge in [0.25, 0.3) is 5.91 Å². The summed E-state index contributed by atoms with van der Waals surface area (Å²) < 4.78 is 16.1. The summed E-state index contributed by atoms with van der Waals surface area (Å²) in [7, 11) is 3.06. The Labute approximate surface area is 156 Å². The smallest absolute Gasteiger partial charge is 0.305 e. The van der Waals surface area contributed by atoms with Crippen LogP contribution in [0.3, 0.4) is 0 Å². The van der Waals surface area contributed by atoms with Crippen molar-refractivity contribution in [1.29, 1.82) is 0 Å². The lowest BCUT2D eigenvalue weighted by Gasteiger charge is -2.36. The van der Waals surface area contributed by atoms with Crippen LogP contribution >= 0.6 is 0 Å². The zero-order valence-electron chi connectivity index (χ0n) is 15.7. The van der Waals surface area contributed by atoms with Gasteiger partial charge in [0.05, 0.1) is 32.4 Å². The van der Waals surface area contributed by atoms with Crippen LogP contribution in [0.15, 0.2) is 16.5 Å². The van der Waals surface area contributed by atoms with Gasteiger partial charge in [-0.3, -0.25) is 9.59 Å². The first-order chi connectivity index (χ1) is 12.8. The number of oxazole rings is 1. The third-order valence-electron chi connectivity index (χ3n) is 4.73. The number of fused-ring (bicyclic) bond motifs is 1. The maximum Gasteiger partial charge on any atom is 0.305 e. The first-order valence-corrected chi connectivity index (χ1v) is 8.57. The molecule has 1 atom stereocenters. The second-order valence-corrected chi connectivity index (χ2v) is 6.42. The Morgan fingerprint density at radius 3 is 2.48 bits per heavy atom. The lowest BCUT2D eigenvalue weighted by Crippen LogP contribution is -2.41. The maximum absolute atomic E-state index is 13.1. The average molecular weight is 374 g/mol. The monoisotopic (exact) mass is 374 g/mol. The van der Waals surface area contributed by atoms with Crippen molar-refractivity contribution in [3.8, 4) is 11.5 Å². The molecule has 1 amide bonds. The SMILES string of the molecule is COc1cc2c(cc1OC)C(CC(=O)O)N(C(=O)c1oc(C)nc1C)CC2. The molecule has 1 aliphatic heterocycles. The van der Waals surface area contributed by atoms with Gasteiger partial charge in [0.1, 0.15) is 0 Å². The zero-order valence-corrected chi connectivity index (χ0v) is 15.7. The van der Waals surface area contributed by atoms with E-state index in [1.807, 2.05) is 6.07 Å². The maximum atomic E-state index is 13.1. The normalized spacial score (nSPS) is 16.0. The number of carbonyl (C=O) groups excluding carboxylic acids is 1. The molecule has 0 spiro atoms. The van der Waals surface area contributed by atoms with Gasteiger partial charge in [0.2, 0.25) is 5.76 Å². The third-order valence-corrected chi connectivity index (χ3v) is 4.73. The van der Waals surface area contributed by atoms with Gasteiger partial charge >= 0.3 is 5.97 Å². The highest BCUT2D eigenvalue weighted by atomic mass is 16.5. The average Bonchev–Trinajstić information content (AvgIpc) is 2.98. The molecule has 1 aliphatic rings. The summed E-state index contributed by atoms with van der Waals surface area (Å²) in [6, 6.07) is 2.96. The standard InChI is InChI=1S/C19H22N2O6/c1-10-18(27-11(2)20-10)19(24)21-6-5-12-7-15(25-3)16(26-4)8-13(12)14(21)9-17(22)23/h7-8,14H,5-6,9H2,1-4H3,(H,22,23). The Morgan fingerprint density at radius 2 is 1.93 bits per heavy atom. The summed E-state index contributed by atoms with van der Waals surface area (Å²) in [5, 5.41) is 9.42. The molecule has 0 bridgehead atoms. The molecule has 0 aliphatic carbocycles. The van der Waals surface area contributed by atoms with E-state index in [4.69, 9.17) is 13.9 Å². The van der Waals surface area contributed by atoms with Crippen LogP contribution in [-0.2, 0) is 11.2 Å². The largest absolute Gasteiger partial charge is 0.493 e. The van der Waals surface area contributed by atoms with Gasteiger partial charge in [0, 0.05) is 13.5 Å². The van der Waals surface area contributed by atoms with Gasteiger partial charge in [-0.25, -0.2) is 4.98 Å². The highest BCUT2D eigenvalue weighted by molar-refractivity contribution is 5.93. The molecule has 0 saturated carbocycles. The molecule has 2 aromatic rings. The number of carboxylic acids is 1. The molecule has 8 heteroatoms. The second-order valence-electron chi connectivity index (χ2n) is 6.42. The van der Waals surface area contributed by atoms with E-state index < -0.39 is 12.0 Å². The van der Waals surface area contributed by atoms with Gasteiger partial charge in [-0.1, -0.05) is 0 Å². The summed E-state index contributed by atoms with van der Waals surface area (Å²) in [5.41, 5.74) is 2.17. The Hall–Kier alpha value is -3.03. The molecule has 3 rings (SSSR count). The van der Waals surface area contributed by atoms with Gasteiger partial charge in [-0.2, -0.15) is 0 Å². The number of ether oxygens (including phenoxy) is 2. The molecule has 0 saturated heterocycles. The van der Waals surface area contributed by atoms with E-state index in [2.05, 4.69) is 4.98 Å². The predicted molar refractivity (Wildman–Crippen MR) is 95.3 cm³/mol. The van der Waals surface area contributed by atoms with E-state index in [1.165, 1.54) is 12.0 Å². The summed E-state index contributed by atoms with van der Waals surface area (Å²) in [4.78, 5) is 30.2. The predicted octanol–water partition coefficient (Wildman–Crippen LogP) is 2.52. The lowest BCUT2D eigenvalue weighted by molar-refractivity contribution is -0.138. The van der Waals surface area contributed by atoms with Crippen molar-refractivity contribution in [3.63, 3.8) is 0 Å². The Bertz CT molecular complexity index is 889. The van der Waals surface area contributed by atoms with Crippen molar-refractivity contribution in [2.75, 3.05) is 20.8 Å². The van der Waals surface area contributed by atoms with Gasteiger partial charge in [0.15, 0.2) is 17.4 Å². The van der Waals surface area contributed by atoms with Gasteiger partial charge in [-0.15, -0.1) is 0 Å². The molecule has 0 fully saturated rings. The number of benzene rings is 1. The number of aromatic nitrogens is 1. The molecule has 1 aromatic carbocycles. The molecule has 27 heavy (non-hydrogen) atoms. The molecular formula is C19H22N2O6. The van der Waals surface area contributed by atoms with E-state index >= 15 is 0 Å². The third kappa shape index (κ3) is 3.47. The molecule has 1 N–H and O–H groups in total. The van der Waals surface area contributed by atoms with Crippen LogP contribution in [0.2, 0.25) is 0 Å². The summed E-state index contributed by atoms with van der Waals surface area (Å²) in [5.74, 6) is 0.256. The number of methoxy groups -OCH3 is 2. The fraction of sp³-hybridized carbons (Fsp3) is 0.421. The number of carboxylic acid groups (broad SMARTS) is 1. The molecule has 0 radical (unpaired) electrons. The van der Waals surface area contributed by atoms with Crippen molar-refractivity contribution in [3.05, 3.63) is 40.6 Å². The van der Waals surface area contributed by atoms with Crippen LogP contribution in [0.25, 0.3) is 0 Å². The summed E-state index contributed by atoms with van der Waals surface area (Å²) >= 11 is 0. The van der Waals surface area contributed by atoms with Crippen molar-refractivity contribution in [2.45, 2.75) is 32.7 Å². The minimum absolute atomic E-state index is 0.145. The summed E-state index contributed by atoms with van der Waals surface area (Å²) in [6.07, 6.45) is 0.351. The second kappa shape index (κ2) is 7.30. The van der Waals surface area contributed by atoms with Gasteiger partial charge < -0.3 is 23.9 Å². The van der Waals surface area contributed by atoms with Crippen LogP contribution < -0.4 is 9.47 Å². The number of hydrogen-bond acceptors (Lipinski definition) is 6. The van der Waals surface area contributed by atoms with Crippen LogP contribution in [-0.4, -0.2) is 47.6 Å². The van der Waals surface area contributed by atoms with Crippen LogP contribution in [0.5, 0.6) is 11.5 Å². The van der Waals surface area contributed by atoms with Crippen LogP contribution in [0.1, 0.15) is 45.7 Å². The van der Waals surface area contributed by atoms with Crippen LogP contribution in [0.4, 0.5) is 0 Å². The highest BCUT2D eigenvalue weighted by Crippen LogP contribution is 2.40. The Morgan fingerprint density at radius 1 is 1.26 bits per heavy atom. The van der Waals surface area contributed by atoms with E-state index in [0.717, 1.165) is 11.1 Å². The van der Waals surface area contributed by atoms with E-state index in [0.29, 0.717) is 36.0 Å². The summed E-state index contributed by atoms with van der Waals surface area (Å²) in [6.45, 7) is 3.74. The van der Waals surface area contributed by atoms with Crippen LogP contribution in [0, 0.1) is 13.8 Å². The van der Waals surface area contributed by atoms with Crippen molar-refractivity contribution in [1.82, 2.24) is 9.88 Å². The fourth-order valence-corrected chi connectivity index (χ4v) is 3.52. The van der Waals surface area contributed by atoms with Gasteiger partial charge in [-0.05, 0) is 36.6 Å². The van der Waals surface area contributed by atoms with Crippen molar-refractivity contribution < 1.29 is 28.6 Å². The number of aryl methyl sites for hydroxylation is 2. The minimum Gasteiger partial charge on any atom is -0.493 e. The topological polar surface area (TPSA) is 102 Å². The van der Waals surface area contributed by atoms with Crippen molar-refractivity contribution in [2.24, 2.45) is 0 Å². The van der Waals surface area contributed by atoms with E-state index in [-0.39, 0.29) is 18.1 Å². The fourth-order valence-electron chi connectivity index (χ4n) is 3.52. The van der Waals surface area contributed by atoms with E-state index in [1.54, 1.807) is 27.0 Å². The minimum atomic E-state index is -0.995. The quantitative estimate of drug-likeness (QED) is 0.858. The number of nitrogens with zero attached hydrogens (tertiary/aromatic N) is 2. The first-order valence-electron chi connectivity index (χ1n) is 8.57. The molecular weight excluding hydrogens is 352 g/mol. The molecule has 2 heterocycles. The molecule has 1 unspecified atom stereocenters. The molecule has 144 valence electrons. The highest BCUT2D eigenvalue weighted by Gasteiger charge is 2.36. The number of hydrogen-bond donors (Lipinski definition) is 1. The lowest BCUT2D eigenvalue weighted by atomic mass is 9.89. The number of carbonyl (C=O) groups is 2. The Kier molecular flexibility index (Phi) is 5.07. The molecule has 1 aromatic heterocycles.